The smallest absolute Gasteiger partial charge is 0.227 e. The number of aromatic nitrogens is 1. The molecule has 1 N–H and O–H groups in total. The molecule has 0 unspecified atom stereocenters. The van der Waals surface area contributed by atoms with Crippen LogP contribution in [0.25, 0.3) is 10.9 Å². The van der Waals surface area contributed by atoms with Crippen LogP contribution < -0.4 is 9.64 Å². The molecule has 1 aromatic heterocycles. The Balaban J connectivity index is 1.34. The summed E-state index contributed by atoms with van der Waals surface area (Å²) in [5.41, 5.74) is 3.34. The first kappa shape index (κ1) is 18.4. The largest absolute Gasteiger partial charge is 0.491 e. The Kier molecular flexibility index (Phi) is 5.24. The Bertz CT molecular complexity index is 938. The lowest BCUT2D eigenvalue weighted by Crippen LogP contribution is -2.49. The molecule has 1 amide bonds. The molecule has 28 heavy (non-hydrogen) atoms. The van der Waals surface area contributed by atoms with Crippen LogP contribution in [0.5, 0.6) is 5.75 Å². The van der Waals surface area contributed by atoms with Gasteiger partial charge in [0.1, 0.15) is 5.75 Å². The molecule has 0 bridgehead atoms. The Labute approximate surface area is 165 Å². The number of amides is 1. The van der Waals surface area contributed by atoms with Crippen LogP contribution in [0.2, 0.25) is 0 Å². The highest BCUT2D eigenvalue weighted by atomic mass is 16.5. The van der Waals surface area contributed by atoms with Crippen molar-refractivity contribution in [2.75, 3.05) is 31.1 Å². The second-order valence-electron chi connectivity index (χ2n) is 7.56. The summed E-state index contributed by atoms with van der Waals surface area (Å²) in [5.74, 6) is 1.09. The molecule has 1 fully saturated rings. The van der Waals surface area contributed by atoms with E-state index in [9.17, 15) is 4.79 Å². The normalized spacial score (nSPS) is 14.7. The van der Waals surface area contributed by atoms with Gasteiger partial charge >= 0.3 is 0 Å². The molecule has 0 atom stereocenters. The van der Waals surface area contributed by atoms with Crippen LogP contribution in [0.3, 0.4) is 0 Å². The van der Waals surface area contributed by atoms with E-state index in [0.29, 0.717) is 6.42 Å². The molecule has 0 saturated carbocycles. The minimum absolute atomic E-state index is 0.178. The summed E-state index contributed by atoms with van der Waals surface area (Å²) >= 11 is 0. The molecule has 0 aliphatic carbocycles. The highest BCUT2D eigenvalue weighted by Gasteiger charge is 2.22. The van der Waals surface area contributed by atoms with Crippen LogP contribution in [0.15, 0.2) is 54.7 Å². The molecule has 0 spiro atoms. The number of benzene rings is 2. The van der Waals surface area contributed by atoms with E-state index < -0.39 is 0 Å². The number of hydrogen-bond donors (Lipinski definition) is 1. The lowest BCUT2D eigenvalue weighted by atomic mass is 10.1. The summed E-state index contributed by atoms with van der Waals surface area (Å²) < 4.78 is 5.71. The summed E-state index contributed by atoms with van der Waals surface area (Å²) in [4.78, 5) is 20.3. The molecule has 2 heterocycles. The van der Waals surface area contributed by atoms with E-state index in [-0.39, 0.29) is 12.0 Å². The summed E-state index contributed by atoms with van der Waals surface area (Å²) in [6.07, 6.45) is 2.59. The second-order valence-corrected chi connectivity index (χ2v) is 7.56. The minimum atomic E-state index is 0.178. The van der Waals surface area contributed by atoms with Crippen molar-refractivity contribution in [3.05, 3.63) is 60.3 Å². The van der Waals surface area contributed by atoms with Gasteiger partial charge in [-0.3, -0.25) is 4.79 Å². The fourth-order valence-corrected chi connectivity index (χ4v) is 3.77. The number of carbonyl (C=O) groups excluding carboxylic acids is 1. The van der Waals surface area contributed by atoms with Gasteiger partial charge in [0.05, 0.1) is 12.5 Å². The van der Waals surface area contributed by atoms with Gasteiger partial charge in [-0.2, -0.15) is 0 Å². The number of rotatable bonds is 5. The quantitative estimate of drug-likeness (QED) is 0.735. The zero-order chi connectivity index (χ0) is 19.5. The van der Waals surface area contributed by atoms with Crippen molar-refractivity contribution in [3.8, 4) is 5.75 Å². The molecule has 146 valence electrons. The monoisotopic (exact) mass is 377 g/mol. The van der Waals surface area contributed by atoms with Gasteiger partial charge in [-0.05, 0) is 49.7 Å². The molecule has 3 aromatic rings. The Hall–Kier alpha value is -2.95. The van der Waals surface area contributed by atoms with Crippen molar-refractivity contribution >= 4 is 22.5 Å². The van der Waals surface area contributed by atoms with E-state index in [0.717, 1.165) is 48.4 Å². The van der Waals surface area contributed by atoms with Crippen LogP contribution >= 0.6 is 0 Å². The van der Waals surface area contributed by atoms with Crippen molar-refractivity contribution in [1.29, 1.82) is 0 Å². The SMILES string of the molecule is CC(C)Oc1ccc(N2CCN(C(=O)Cc3c[nH]c4ccccc34)CC2)cc1. The zero-order valence-corrected chi connectivity index (χ0v) is 16.5. The summed E-state index contributed by atoms with van der Waals surface area (Å²) in [6.45, 7) is 7.27. The average Bonchev–Trinajstić information content (AvgIpc) is 3.11. The maximum Gasteiger partial charge on any atom is 0.227 e. The average molecular weight is 377 g/mol. The lowest BCUT2D eigenvalue weighted by molar-refractivity contribution is -0.130. The van der Waals surface area contributed by atoms with E-state index in [1.807, 2.05) is 55.3 Å². The maximum atomic E-state index is 12.8. The number of carbonyl (C=O) groups is 1. The summed E-state index contributed by atoms with van der Waals surface area (Å²) in [5, 5.41) is 1.14. The fraction of sp³-hybridized carbons (Fsp3) is 0.348. The van der Waals surface area contributed by atoms with Crippen LogP contribution in [0.1, 0.15) is 19.4 Å². The number of aromatic amines is 1. The van der Waals surface area contributed by atoms with Crippen molar-refractivity contribution in [3.63, 3.8) is 0 Å². The molecular weight excluding hydrogens is 350 g/mol. The topological polar surface area (TPSA) is 48.6 Å². The Morgan fingerprint density at radius 1 is 1.04 bits per heavy atom. The minimum Gasteiger partial charge on any atom is -0.491 e. The van der Waals surface area contributed by atoms with Crippen molar-refractivity contribution < 1.29 is 9.53 Å². The number of nitrogens with zero attached hydrogens (tertiary/aromatic N) is 2. The molecule has 1 aliphatic heterocycles. The number of ether oxygens (including phenoxy) is 1. The van der Waals surface area contributed by atoms with Gasteiger partial charge in [-0.25, -0.2) is 0 Å². The predicted octanol–water partition coefficient (Wildman–Crippen LogP) is 3.85. The molecule has 1 saturated heterocycles. The molecule has 4 rings (SSSR count). The highest BCUT2D eigenvalue weighted by molar-refractivity contribution is 5.89. The van der Waals surface area contributed by atoms with E-state index in [1.54, 1.807) is 0 Å². The van der Waals surface area contributed by atoms with Crippen LogP contribution in [-0.4, -0.2) is 48.1 Å². The van der Waals surface area contributed by atoms with Crippen LogP contribution in [0, 0.1) is 0 Å². The predicted molar refractivity (Wildman–Crippen MR) is 113 cm³/mol. The van der Waals surface area contributed by atoms with E-state index in [4.69, 9.17) is 4.74 Å². The molecule has 1 aliphatic rings. The first-order valence-corrected chi connectivity index (χ1v) is 9.94. The van der Waals surface area contributed by atoms with Gasteiger partial charge in [0.2, 0.25) is 5.91 Å². The van der Waals surface area contributed by atoms with E-state index in [2.05, 4.69) is 28.1 Å². The van der Waals surface area contributed by atoms with Gasteiger partial charge in [0, 0.05) is 49.0 Å². The van der Waals surface area contributed by atoms with Gasteiger partial charge in [-0.1, -0.05) is 18.2 Å². The standard InChI is InChI=1S/C23H27N3O2/c1-17(2)28-20-9-7-19(8-10-20)25-11-13-26(14-12-25)23(27)15-18-16-24-22-6-4-3-5-21(18)22/h3-10,16-17,24H,11-15H2,1-2H3. The van der Waals surface area contributed by atoms with E-state index >= 15 is 0 Å². The number of hydrogen-bond acceptors (Lipinski definition) is 3. The van der Waals surface area contributed by atoms with Crippen molar-refractivity contribution in [1.82, 2.24) is 9.88 Å². The first-order valence-electron chi connectivity index (χ1n) is 9.94. The van der Waals surface area contributed by atoms with Gasteiger partial charge in [-0.15, -0.1) is 0 Å². The number of nitrogens with one attached hydrogen (secondary N) is 1. The lowest BCUT2D eigenvalue weighted by Gasteiger charge is -2.36. The van der Waals surface area contributed by atoms with E-state index in [1.165, 1.54) is 5.69 Å². The fourth-order valence-electron chi connectivity index (χ4n) is 3.77. The van der Waals surface area contributed by atoms with Crippen LogP contribution in [0.4, 0.5) is 5.69 Å². The van der Waals surface area contributed by atoms with Gasteiger partial charge in [0.25, 0.3) is 0 Å². The number of anilines is 1. The zero-order valence-electron chi connectivity index (χ0n) is 16.5. The van der Waals surface area contributed by atoms with Gasteiger partial charge in [0.15, 0.2) is 0 Å². The van der Waals surface area contributed by atoms with Gasteiger partial charge < -0.3 is 19.5 Å². The third-order valence-corrected chi connectivity index (χ3v) is 5.22. The maximum absolute atomic E-state index is 12.8. The van der Waals surface area contributed by atoms with Crippen LogP contribution in [-0.2, 0) is 11.2 Å². The summed E-state index contributed by atoms with van der Waals surface area (Å²) in [6, 6.07) is 16.4. The number of fused-ring (bicyclic) bond motifs is 1. The first-order chi connectivity index (χ1) is 13.6. The molecule has 5 nitrogen and oxygen atoms in total. The van der Waals surface area contributed by atoms with Crippen molar-refractivity contribution in [2.45, 2.75) is 26.4 Å². The second kappa shape index (κ2) is 7.97. The number of para-hydroxylation sites is 1. The molecule has 5 heteroatoms. The number of piperazine rings is 1. The molecular formula is C23H27N3O2. The highest BCUT2D eigenvalue weighted by Crippen LogP contribution is 2.22. The third kappa shape index (κ3) is 3.98. The number of H-pyrrole nitrogens is 1. The third-order valence-electron chi connectivity index (χ3n) is 5.22. The summed E-state index contributed by atoms with van der Waals surface area (Å²) in [7, 11) is 0. The Morgan fingerprint density at radius 2 is 1.75 bits per heavy atom. The Morgan fingerprint density at radius 3 is 2.46 bits per heavy atom. The molecule has 0 radical (unpaired) electrons. The molecule has 2 aromatic carbocycles. The van der Waals surface area contributed by atoms with Crippen molar-refractivity contribution in [2.24, 2.45) is 0 Å².